The van der Waals surface area contributed by atoms with E-state index in [2.05, 4.69) is 54.8 Å². The van der Waals surface area contributed by atoms with Gasteiger partial charge in [0.15, 0.2) is 6.29 Å². The molecule has 0 bridgehead atoms. The number of carbonyl (C=O) groups excluding carboxylic acids is 2. The molecule has 0 aromatic rings. The molecule has 0 aromatic heterocycles. The molecule has 0 aromatic carbocycles. The zero-order chi connectivity index (χ0) is 51.7. The molecule has 1 amide bonds. The van der Waals surface area contributed by atoms with Crippen molar-refractivity contribution in [1.82, 2.24) is 5.32 Å². The number of allylic oxidation sites excluding steroid dienone is 9. The summed E-state index contributed by atoms with van der Waals surface area (Å²) in [5.74, 6) is -0.244. The number of rotatable bonds is 49. The van der Waals surface area contributed by atoms with Crippen molar-refractivity contribution >= 4 is 11.9 Å². The molecule has 1 heterocycles. The maximum atomic E-state index is 13.0. The van der Waals surface area contributed by atoms with Gasteiger partial charge in [-0.3, -0.25) is 9.59 Å². The molecule has 0 aliphatic carbocycles. The van der Waals surface area contributed by atoms with E-state index < -0.39 is 49.5 Å². The molecule has 11 heteroatoms. The first kappa shape index (κ1) is 66.4. The van der Waals surface area contributed by atoms with Gasteiger partial charge in [0, 0.05) is 12.8 Å². The summed E-state index contributed by atoms with van der Waals surface area (Å²) >= 11 is 0. The Bertz CT molecular complexity index is 1360. The summed E-state index contributed by atoms with van der Waals surface area (Å²) in [6.07, 6.45) is 53.4. The van der Waals surface area contributed by atoms with Crippen molar-refractivity contribution in [1.29, 1.82) is 0 Å². The van der Waals surface area contributed by atoms with E-state index in [1.165, 1.54) is 122 Å². The van der Waals surface area contributed by atoms with Crippen LogP contribution in [0.3, 0.4) is 0 Å². The van der Waals surface area contributed by atoms with Gasteiger partial charge in [-0.05, 0) is 103 Å². The van der Waals surface area contributed by atoms with Gasteiger partial charge in [-0.25, -0.2) is 0 Å². The molecule has 0 spiro atoms. The topological polar surface area (TPSA) is 175 Å². The van der Waals surface area contributed by atoms with Crippen molar-refractivity contribution < 1.29 is 49.3 Å². The van der Waals surface area contributed by atoms with E-state index in [4.69, 9.17) is 14.2 Å². The van der Waals surface area contributed by atoms with Crippen molar-refractivity contribution in [2.24, 2.45) is 0 Å². The quantitative estimate of drug-likeness (QED) is 0.0195. The Balaban J connectivity index is 2.05. The number of esters is 1. The van der Waals surface area contributed by atoms with Crippen molar-refractivity contribution in [2.75, 3.05) is 19.8 Å². The molecule has 71 heavy (non-hydrogen) atoms. The molecular formula is C60H107NO10. The summed E-state index contributed by atoms with van der Waals surface area (Å²) in [4.78, 5) is 25.1. The minimum atomic E-state index is -1.59. The van der Waals surface area contributed by atoms with Crippen molar-refractivity contribution in [2.45, 2.75) is 288 Å². The number of nitrogens with one attached hydrogen (secondary N) is 1. The standard InChI is InChI=1S/C60H107NO10/c1-3-5-7-9-11-13-14-15-16-17-18-22-25-28-32-36-40-44-48-56(65)69-49-45-41-37-33-29-26-23-20-19-21-24-27-31-35-39-43-47-55(64)61-52(53(63)46-42-38-34-30-12-10-8-6-4-2)51-70-60-59(68)58(67)57(66)54(50-62)71-60/h4,6,12,16-17,19,21,30,42,46,52-54,57-60,62-63,66-68H,3,5,7-11,13-15,18,20,22-29,31-41,43-45,47-51H2,1-2H3,(H,61,64)/b6-4+,17-16-,21-19-,30-12+,46-42+. The van der Waals surface area contributed by atoms with Crippen LogP contribution in [-0.2, 0) is 23.8 Å². The predicted octanol–water partition coefficient (Wildman–Crippen LogP) is 13.1. The van der Waals surface area contributed by atoms with E-state index in [0.717, 1.165) is 89.9 Å². The molecular weight excluding hydrogens is 895 g/mol. The maximum absolute atomic E-state index is 13.0. The summed E-state index contributed by atoms with van der Waals surface area (Å²) in [5.41, 5.74) is 0. The summed E-state index contributed by atoms with van der Waals surface area (Å²) in [6.45, 7) is 4.04. The van der Waals surface area contributed by atoms with Crippen molar-refractivity contribution in [3.8, 4) is 0 Å². The van der Waals surface area contributed by atoms with E-state index >= 15 is 0 Å². The van der Waals surface area contributed by atoms with Gasteiger partial charge in [0.25, 0.3) is 0 Å². The molecule has 1 fully saturated rings. The number of unbranched alkanes of at least 4 members (excludes halogenated alkanes) is 28. The Morgan fingerprint density at radius 2 is 0.972 bits per heavy atom. The van der Waals surface area contributed by atoms with Crippen molar-refractivity contribution in [3.63, 3.8) is 0 Å². The molecule has 7 unspecified atom stereocenters. The van der Waals surface area contributed by atoms with Crippen LogP contribution in [-0.4, -0.2) is 100 Å². The number of carbonyl (C=O) groups is 2. The van der Waals surface area contributed by atoms with Crippen LogP contribution < -0.4 is 5.32 Å². The van der Waals surface area contributed by atoms with Gasteiger partial charge in [0.2, 0.25) is 5.91 Å². The highest BCUT2D eigenvalue weighted by molar-refractivity contribution is 5.76. The fourth-order valence-corrected chi connectivity index (χ4v) is 8.76. The van der Waals surface area contributed by atoms with Gasteiger partial charge in [0.05, 0.1) is 32.0 Å². The van der Waals surface area contributed by atoms with E-state index in [1.807, 2.05) is 19.1 Å². The van der Waals surface area contributed by atoms with E-state index in [0.29, 0.717) is 25.9 Å². The number of hydrogen-bond acceptors (Lipinski definition) is 10. The van der Waals surface area contributed by atoms with Gasteiger partial charge >= 0.3 is 5.97 Å². The fraction of sp³-hybridized carbons (Fsp3) is 0.800. The second kappa shape index (κ2) is 49.6. The van der Waals surface area contributed by atoms with E-state index in [-0.39, 0.29) is 18.5 Å². The average molecular weight is 1000 g/mol. The molecule has 1 aliphatic heterocycles. The zero-order valence-electron chi connectivity index (χ0n) is 45.2. The first-order valence-electron chi connectivity index (χ1n) is 29.0. The highest BCUT2D eigenvalue weighted by Gasteiger charge is 2.44. The van der Waals surface area contributed by atoms with Crippen LogP contribution in [0.1, 0.15) is 245 Å². The largest absolute Gasteiger partial charge is 0.466 e. The molecule has 7 atom stereocenters. The van der Waals surface area contributed by atoms with Gasteiger partial charge in [0.1, 0.15) is 24.4 Å². The molecule has 1 saturated heterocycles. The van der Waals surface area contributed by atoms with Crippen molar-refractivity contribution in [3.05, 3.63) is 60.8 Å². The highest BCUT2D eigenvalue weighted by atomic mass is 16.7. The van der Waals surface area contributed by atoms with Crippen LogP contribution in [0.15, 0.2) is 60.8 Å². The first-order chi connectivity index (χ1) is 34.7. The van der Waals surface area contributed by atoms with E-state index in [9.17, 15) is 35.1 Å². The fourth-order valence-electron chi connectivity index (χ4n) is 8.76. The van der Waals surface area contributed by atoms with Crippen LogP contribution in [0.2, 0.25) is 0 Å². The van der Waals surface area contributed by atoms with Gasteiger partial charge in [-0.2, -0.15) is 0 Å². The highest BCUT2D eigenvalue weighted by Crippen LogP contribution is 2.23. The minimum Gasteiger partial charge on any atom is -0.466 e. The summed E-state index contributed by atoms with van der Waals surface area (Å²) in [6, 6.07) is -0.847. The normalized spacial score (nSPS) is 19.6. The number of amides is 1. The zero-order valence-corrected chi connectivity index (χ0v) is 45.2. The predicted molar refractivity (Wildman–Crippen MR) is 292 cm³/mol. The van der Waals surface area contributed by atoms with Gasteiger partial charge in [-0.1, -0.05) is 190 Å². The second-order valence-electron chi connectivity index (χ2n) is 20.0. The molecule has 0 radical (unpaired) electrons. The Morgan fingerprint density at radius 3 is 1.48 bits per heavy atom. The molecule has 6 N–H and O–H groups in total. The van der Waals surface area contributed by atoms with Crippen LogP contribution in [0.4, 0.5) is 0 Å². The molecule has 11 nitrogen and oxygen atoms in total. The number of ether oxygens (including phenoxy) is 3. The lowest BCUT2D eigenvalue weighted by molar-refractivity contribution is -0.302. The number of hydrogen-bond donors (Lipinski definition) is 6. The van der Waals surface area contributed by atoms with Gasteiger partial charge in [-0.15, -0.1) is 0 Å². The monoisotopic (exact) mass is 1000 g/mol. The minimum absolute atomic E-state index is 0.0262. The lowest BCUT2D eigenvalue weighted by Gasteiger charge is -2.40. The third-order valence-electron chi connectivity index (χ3n) is 13.4. The Kier molecular flexibility index (Phi) is 46.3. The van der Waals surface area contributed by atoms with Crippen LogP contribution in [0.5, 0.6) is 0 Å². The third kappa shape index (κ3) is 39.5. The van der Waals surface area contributed by atoms with E-state index in [1.54, 1.807) is 6.08 Å². The lowest BCUT2D eigenvalue weighted by Crippen LogP contribution is -2.60. The first-order valence-corrected chi connectivity index (χ1v) is 29.0. The summed E-state index contributed by atoms with van der Waals surface area (Å²) in [5, 5.41) is 54.1. The second-order valence-corrected chi connectivity index (χ2v) is 20.0. The number of aliphatic hydroxyl groups is 5. The lowest BCUT2D eigenvalue weighted by atomic mass is 9.99. The molecule has 1 rings (SSSR count). The Morgan fingerprint density at radius 1 is 0.535 bits per heavy atom. The molecule has 1 aliphatic rings. The van der Waals surface area contributed by atoms with Gasteiger partial charge < -0.3 is 45.1 Å². The summed E-state index contributed by atoms with van der Waals surface area (Å²) in [7, 11) is 0. The molecule has 0 saturated carbocycles. The SMILES string of the molecule is C/C=C/CC/C=C/CC/C=C/C(O)C(COC1OC(CO)C(O)C(O)C1O)NC(=O)CCCCCCC/C=C\CCCCCCCCCOC(=O)CCCCCCCCC/C=C\CCCCCCCCC. The maximum Gasteiger partial charge on any atom is 0.305 e. The summed E-state index contributed by atoms with van der Waals surface area (Å²) < 4.78 is 16.6. The number of aliphatic hydroxyl groups excluding tert-OH is 5. The Labute approximate surface area is 433 Å². The molecule has 412 valence electrons. The smallest absolute Gasteiger partial charge is 0.305 e. The average Bonchev–Trinajstić information content (AvgIpc) is 3.37. The Hall–Kier alpha value is -2.64. The van der Waals surface area contributed by atoms with Crippen LogP contribution in [0.25, 0.3) is 0 Å². The third-order valence-corrected chi connectivity index (χ3v) is 13.4. The van der Waals surface area contributed by atoms with Crippen LogP contribution in [0, 0.1) is 0 Å². The van der Waals surface area contributed by atoms with Crippen LogP contribution >= 0.6 is 0 Å².